The molecule has 2 aromatic carbocycles. The van der Waals surface area contributed by atoms with E-state index in [2.05, 4.69) is 0 Å². The molecule has 0 unspecified atom stereocenters. The second-order valence-corrected chi connectivity index (χ2v) is 5.87. The van der Waals surface area contributed by atoms with E-state index in [9.17, 15) is 8.42 Å². The summed E-state index contributed by atoms with van der Waals surface area (Å²) in [6, 6.07) is 15.9. The Hall–Kier alpha value is -2.32. The number of benzene rings is 2. The average molecular weight is 272 g/mol. The van der Waals surface area contributed by atoms with E-state index in [1.165, 1.54) is 13.1 Å². The van der Waals surface area contributed by atoms with Crippen molar-refractivity contribution in [2.24, 2.45) is 0 Å². The zero-order valence-corrected chi connectivity index (χ0v) is 11.1. The van der Waals surface area contributed by atoms with Crippen molar-refractivity contribution in [1.29, 1.82) is 5.26 Å². The van der Waals surface area contributed by atoms with Crippen LogP contribution in [0.4, 0.5) is 0 Å². The molecular weight excluding hydrogens is 260 g/mol. The maximum Gasteiger partial charge on any atom is 0.272 e. The minimum atomic E-state index is -3.80. The zero-order valence-electron chi connectivity index (χ0n) is 10.3. The van der Waals surface area contributed by atoms with Crippen LogP contribution >= 0.6 is 0 Å². The summed E-state index contributed by atoms with van der Waals surface area (Å²) in [6.07, 6.45) is 1.63. The van der Waals surface area contributed by atoms with Crippen molar-refractivity contribution < 1.29 is 8.42 Å². The molecule has 0 saturated heterocycles. The Morgan fingerprint density at radius 1 is 1.00 bits per heavy atom. The Morgan fingerprint density at radius 3 is 2.21 bits per heavy atom. The number of hydrogen-bond donors (Lipinski definition) is 0. The minimum Gasteiger partial charge on any atom is -0.205 e. The summed E-state index contributed by atoms with van der Waals surface area (Å²) in [4.78, 5) is 0.130. The molecule has 0 radical (unpaired) electrons. The number of sulfonamides is 1. The van der Waals surface area contributed by atoms with Gasteiger partial charge < -0.3 is 0 Å². The molecular formula is C14H12N2O2S. The highest BCUT2D eigenvalue weighted by molar-refractivity contribution is 7.89. The van der Waals surface area contributed by atoms with Crippen LogP contribution in [-0.4, -0.2) is 19.8 Å². The third-order valence-electron chi connectivity index (χ3n) is 2.75. The van der Waals surface area contributed by atoms with Crippen molar-refractivity contribution in [3.63, 3.8) is 0 Å². The van der Waals surface area contributed by atoms with E-state index in [-0.39, 0.29) is 4.90 Å². The van der Waals surface area contributed by atoms with E-state index < -0.39 is 10.0 Å². The molecule has 0 heterocycles. The fourth-order valence-electron chi connectivity index (χ4n) is 1.75. The Morgan fingerprint density at radius 2 is 1.58 bits per heavy atom. The lowest BCUT2D eigenvalue weighted by Gasteiger charge is -2.14. The summed E-state index contributed by atoms with van der Waals surface area (Å²) in [6.45, 7) is 0. The van der Waals surface area contributed by atoms with Crippen molar-refractivity contribution >= 4 is 10.0 Å². The molecule has 2 rings (SSSR count). The fourth-order valence-corrected chi connectivity index (χ4v) is 2.87. The van der Waals surface area contributed by atoms with Gasteiger partial charge in [0.1, 0.15) is 0 Å². The molecule has 0 atom stereocenters. The molecule has 0 aliphatic carbocycles. The molecule has 19 heavy (non-hydrogen) atoms. The van der Waals surface area contributed by atoms with Gasteiger partial charge in [-0.25, -0.2) is 12.7 Å². The van der Waals surface area contributed by atoms with Crippen LogP contribution in [0.1, 0.15) is 0 Å². The molecule has 0 fully saturated rings. The van der Waals surface area contributed by atoms with Crippen LogP contribution in [0, 0.1) is 11.5 Å². The summed E-state index contributed by atoms with van der Waals surface area (Å²) >= 11 is 0. The number of hydrogen-bond acceptors (Lipinski definition) is 3. The highest BCUT2D eigenvalue weighted by Crippen LogP contribution is 2.28. The van der Waals surface area contributed by atoms with Crippen LogP contribution < -0.4 is 0 Å². The molecule has 0 saturated carbocycles. The summed E-state index contributed by atoms with van der Waals surface area (Å²) < 4.78 is 25.2. The Balaban J connectivity index is 2.65. The molecule has 0 N–H and O–H groups in total. The van der Waals surface area contributed by atoms with Gasteiger partial charge in [-0.15, -0.1) is 0 Å². The normalized spacial score (nSPS) is 10.7. The van der Waals surface area contributed by atoms with Crippen LogP contribution in [0.3, 0.4) is 0 Å². The highest BCUT2D eigenvalue weighted by atomic mass is 32.2. The molecule has 4 nitrogen and oxygen atoms in total. The van der Waals surface area contributed by atoms with Crippen LogP contribution in [0.2, 0.25) is 0 Å². The maximum atomic E-state index is 12.3. The first-order valence-corrected chi connectivity index (χ1v) is 7.04. The van der Waals surface area contributed by atoms with E-state index in [0.29, 0.717) is 9.87 Å². The van der Waals surface area contributed by atoms with Gasteiger partial charge >= 0.3 is 0 Å². The molecule has 0 aromatic heterocycles. The monoisotopic (exact) mass is 272 g/mol. The van der Waals surface area contributed by atoms with Gasteiger partial charge in [0.25, 0.3) is 10.0 Å². The molecule has 0 bridgehead atoms. The second-order valence-electron chi connectivity index (χ2n) is 3.93. The lowest BCUT2D eigenvalue weighted by Crippen LogP contribution is -2.22. The van der Waals surface area contributed by atoms with Gasteiger partial charge in [-0.05, 0) is 11.6 Å². The highest BCUT2D eigenvalue weighted by Gasteiger charge is 2.23. The van der Waals surface area contributed by atoms with Crippen LogP contribution in [0.15, 0.2) is 59.5 Å². The van der Waals surface area contributed by atoms with Gasteiger partial charge in [0, 0.05) is 12.6 Å². The average Bonchev–Trinajstić information content (AvgIpc) is 2.47. The summed E-state index contributed by atoms with van der Waals surface area (Å²) in [7, 11) is -2.56. The Bertz CT molecular complexity index is 719. The van der Waals surface area contributed by atoms with Crippen molar-refractivity contribution in [3.05, 3.63) is 54.6 Å². The van der Waals surface area contributed by atoms with E-state index in [4.69, 9.17) is 5.26 Å². The van der Waals surface area contributed by atoms with Crippen LogP contribution in [0.25, 0.3) is 11.1 Å². The van der Waals surface area contributed by atoms with Crippen LogP contribution in [0.5, 0.6) is 0 Å². The molecule has 0 aliphatic rings. The summed E-state index contributed by atoms with van der Waals surface area (Å²) in [5, 5.41) is 8.79. The second kappa shape index (κ2) is 5.12. The topological polar surface area (TPSA) is 61.2 Å². The smallest absolute Gasteiger partial charge is 0.205 e. The van der Waals surface area contributed by atoms with Gasteiger partial charge in [0.05, 0.1) is 4.90 Å². The standard InChI is InChI=1S/C14H12N2O2S/c1-16(11-15)19(17,18)14-10-6-5-9-13(14)12-7-3-2-4-8-12/h2-10H,1H3. The van der Waals surface area contributed by atoms with Gasteiger partial charge in [-0.1, -0.05) is 48.5 Å². The molecule has 5 heteroatoms. The van der Waals surface area contributed by atoms with E-state index in [1.807, 2.05) is 30.3 Å². The fraction of sp³-hybridized carbons (Fsp3) is 0.0714. The molecule has 96 valence electrons. The SMILES string of the molecule is CN(C#N)S(=O)(=O)c1ccccc1-c1ccccc1. The predicted molar refractivity (Wildman–Crippen MR) is 72.4 cm³/mol. The van der Waals surface area contributed by atoms with Gasteiger partial charge in [-0.3, -0.25) is 0 Å². The molecule has 0 spiro atoms. The van der Waals surface area contributed by atoms with Crippen molar-refractivity contribution in [3.8, 4) is 17.3 Å². The largest absolute Gasteiger partial charge is 0.272 e. The van der Waals surface area contributed by atoms with Crippen molar-refractivity contribution in [2.75, 3.05) is 7.05 Å². The first kappa shape index (κ1) is 13.1. The maximum absolute atomic E-state index is 12.3. The number of rotatable bonds is 3. The van der Waals surface area contributed by atoms with Crippen molar-refractivity contribution in [2.45, 2.75) is 4.90 Å². The lowest BCUT2D eigenvalue weighted by molar-refractivity contribution is 0.545. The van der Waals surface area contributed by atoms with Crippen LogP contribution in [-0.2, 0) is 10.0 Å². The van der Waals surface area contributed by atoms with E-state index in [1.54, 1.807) is 24.4 Å². The molecule has 0 amide bonds. The Kier molecular flexibility index (Phi) is 3.54. The minimum absolute atomic E-state index is 0.130. The van der Waals surface area contributed by atoms with E-state index >= 15 is 0 Å². The van der Waals surface area contributed by atoms with E-state index in [0.717, 1.165) is 5.56 Å². The first-order valence-electron chi connectivity index (χ1n) is 5.60. The molecule has 2 aromatic rings. The predicted octanol–water partition coefficient (Wildman–Crippen LogP) is 2.46. The van der Waals surface area contributed by atoms with Gasteiger partial charge in [0.2, 0.25) is 0 Å². The number of nitriles is 1. The third-order valence-corrected chi connectivity index (χ3v) is 4.47. The van der Waals surface area contributed by atoms with Gasteiger partial charge in [0.15, 0.2) is 6.19 Å². The third kappa shape index (κ3) is 2.44. The summed E-state index contributed by atoms with van der Waals surface area (Å²) in [5.41, 5.74) is 1.39. The quantitative estimate of drug-likeness (QED) is 0.637. The summed E-state index contributed by atoms with van der Waals surface area (Å²) in [5.74, 6) is 0. The zero-order chi connectivity index (χ0) is 13.9. The first-order chi connectivity index (χ1) is 9.07. The lowest BCUT2D eigenvalue weighted by atomic mass is 10.1. The Labute approximate surface area is 112 Å². The molecule has 0 aliphatic heterocycles. The number of nitrogens with zero attached hydrogens (tertiary/aromatic N) is 2. The van der Waals surface area contributed by atoms with Gasteiger partial charge in [-0.2, -0.15) is 5.26 Å². The van der Waals surface area contributed by atoms with Crippen molar-refractivity contribution in [1.82, 2.24) is 4.31 Å².